The van der Waals surface area contributed by atoms with Gasteiger partial charge in [0.15, 0.2) is 5.82 Å². The molecule has 2 aliphatic rings. The Balaban J connectivity index is 1.42. The highest BCUT2D eigenvalue weighted by molar-refractivity contribution is 5.93. The maximum Gasteiger partial charge on any atom is 0.272 e. The Hall–Kier alpha value is -3.06. The molecule has 30 heavy (non-hydrogen) atoms. The van der Waals surface area contributed by atoms with E-state index in [1.165, 1.54) is 0 Å². The predicted octanol–water partition coefficient (Wildman–Crippen LogP) is 2.89. The van der Waals surface area contributed by atoms with E-state index in [1.807, 2.05) is 55.4 Å². The average Bonchev–Trinajstić information content (AvgIpc) is 3.12. The number of piperidine rings is 1. The number of fused-ring (bicyclic) bond motifs is 2. The fraction of sp³-hybridized carbons (Fsp3) is 0.391. The standard InChI is InChI=1S/C23H25N5O2/c1-16-19(27(2)15-25-16)22(29)28-11-9-23(10-12-28)20-18(8-13-30-23)14-24-21(26-20)17-6-4-3-5-7-17/h3-7,14-15H,8-13H2,1-2H3. The van der Waals surface area contributed by atoms with Crippen LogP contribution in [0.1, 0.15) is 40.3 Å². The van der Waals surface area contributed by atoms with Crippen LogP contribution in [-0.2, 0) is 23.8 Å². The van der Waals surface area contributed by atoms with Gasteiger partial charge in [0.1, 0.15) is 11.3 Å². The topological polar surface area (TPSA) is 73.1 Å². The van der Waals surface area contributed by atoms with Crippen molar-refractivity contribution in [3.05, 3.63) is 65.5 Å². The third-order valence-electron chi connectivity index (χ3n) is 6.26. The van der Waals surface area contributed by atoms with Crippen LogP contribution in [0.4, 0.5) is 0 Å². The van der Waals surface area contributed by atoms with Crippen LogP contribution in [0.3, 0.4) is 0 Å². The average molecular weight is 403 g/mol. The lowest BCUT2D eigenvalue weighted by Crippen LogP contribution is -2.49. The largest absolute Gasteiger partial charge is 0.368 e. The Bertz CT molecular complexity index is 1060. The minimum absolute atomic E-state index is 0.0334. The van der Waals surface area contributed by atoms with Crippen LogP contribution in [0.2, 0.25) is 0 Å². The number of hydrogen-bond donors (Lipinski definition) is 0. The molecular formula is C23H25N5O2. The second-order valence-electron chi connectivity index (χ2n) is 8.11. The highest BCUT2D eigenvalue weighted by atomic mass is 16.5. The Morgan fingerprint density at radius 2 is 1.90 bits per heavy atom. The Kier molecular flexibility index (Phi) is 4.62. The van der Waals surface area contributed by atoms with E-state index in [1.54, 1.807) is 10.9 Å². The first-order valence-corrected chi connectivity index (χ1v) is 10.4. The zero-order valence-corrected chi connectivity index (χ0v) is 17.3. The molecule has 0 unspecified atom stereocenters. The first-order valence-electron chi connectivity index (χ1n) is 10.4. The second kappa shape index (κ2) is 7.32. The summed E-state index contributed by atoms with van der Waals surface area (Å²) in [5.74, 6) is 0.759. The number of aryl methyl sites for hydroxylation is 2. The van der Waals surface area contributed by atoms with E-state index in [0.717, 1.165) is 47.6 Å². The quantitative estimate of drug-likeness (QED) is 0.658. The molecule has 0 N–H and O–H groups in total. The Morgan fingerprint density at radius 1 is 1.13 bits per heavy atom. The van der Waals surface area contributed by atoms with Crippen LogP contribution in [-0.4, -0.2) is 50.0 Å². The molecule has 2 aliphatic heterocycles. The molecule has 7 nitrogen and oxygen atoms in total. The van der Waals surface area contributed by atoms with Gasteiger partial charge >= 0.3 is 0 Å². The fourth-order valence-electron chi connectivity index (χ4n) is 4.59. The number of carbonyl (C=O) groups excluding carboxylic acids is 1. The van der Waals surface area contributed by atoms with Gasteiger partial charge in [-0.1, -0.05) is 30.3 Å². The number of amides is 1. The van der Waals surface area contributed by atoms with Crippen LogP contribution in [0.15, 0.2) is 42.9 Å². The molecular weight excluding hydrogens is 378 g/mol. The minimum Gasteiger partial charge on any atom is -0.368 e. The molecule has 5 rings (SSSR count). The van der Waals surface area contributed by atoms with E-state index < -0.39 is 5.60 Å². The van der Waals surface area contributed by atoms with Gasteiger partial charge in [0.25, 0.3) is 5.91 Å². The third-order valence-corrected chi connectivity index (χ3v) is 6.26. The van der Waals surface area contributed by atoms with E-state index in [2.05, 4.69) is 9.97 Å². The van der Waals surface area contributed by atoms with Crippen molar-refractivity contribution < 1.29 is 9.53 Å². The van der Waals surface area contributed by atoms with Crippen LogP contribution in [0, 0.1) is 6.92 Å². The lowest BCUT2D eigenvalue weighted by Gasteiger charge is -2.44. The summed E-state index contributed by atoms with van der Waals surface area (Å²) in [5, 5.41) is 0. The summed E-state index contributed by atoms with van der Waals surface area (Å²) in [5.41, 5.74) is 4.13. The van der Waals surface area contributed by atoms with Crippen molar-refractivity contribution in [2.75, 3.05) is 19.7 Å². The molecule has 0 atom stereocenters. The normalized spacial score (nSPS) is 17.7. The fourth-order valence-corrected chi connectivity index (χ4v) is 4.59. The summed E-state index contributed by atoms with van der Waals surface area (Å²) in [6.45, 7) is 3.80. The summed E-state index contributed by atoms with van der Waals surface area (Å²) in [6.07, 6.45) is 5.92. The van der Waals surface area contributed by atoms with Crippen molar-refractivity contribution in [3.63, 3.8) is 0 Å². The number of ether oxygens (including phenoxy) is 1. The summed E-state index contributed by atoms with van der Waals surface area (Å²) < 4.78 is 8.14. The molecule has 4 heterocycles. The first-order chi connectivity index (χ1) is 14.6. The van der Waals surface area contributed by atoms with Crippen molar-refractivity contribution in [1.29, 1.82) is 0 Å². The molecule has 1 aromatic carbocycles. The number of carbonyl (C=O) groups is 1. The van der Waals surface area contributed by atoms with Crippen molar-refractivity contribution in [1.82, 2.24) is 24.4 Å². The number of imidazole rings is 1. The maximum absolute atomic E-state index is 13.1. The highest BCUT2D eigenvalue weighted by Gasteiger charge is 2.43. The number of aromatic nitrogens is 4. The van der Waals surface area contributed by atoms with Gasteiger partial charge < -0.3 is 14.2 Å². The van der Waals surface area contributed by atoms with E-state index in [-0.39, 0.29) is 5.91 Å². The molecule has 0 aliphatic carbocycles. The Morgan fingerprint density at radius 3 is 2.60 bits per heavy atom. The summed E-state index contributed by atoms with van der Waals surface area (Å²) in [7, 11) is 1.86. The van der Waals surface area contributed by atoms with E-state index in [9.17, 15) is 4.79 Å². The highest BCUT2D eigenvalue weighted by Crippen LogP contribution is 2.41. The number of nitrogens with zero attached hydrogens (tertiary/aromatic N) is 5. The van der Waals surface area contributed by atoms with Gasteiger partial charge in [0.05, 0.1) is 24.3 Å². The zero-order chi connectivity index (χ0) is 20.7. The number of rotatable bonds is 2. The number of hydrogen-bond acceptors (Lipinski definition) is 5. The van der Waals surface area contributed by atoms with Gasteiger partial charge in [0, 0.05) is 31.9 Å². The number of likely N-dealkylation sites (tertiary alicyclic amines) is 1. The smallest absolute Gasteiger partial charge is 0.272 e. The van der Waals surface area contributed by atoms with Crippen molar-refractivity contribution >= 4 is 5.91 Å². The molecule has 7 heteroatoms. The lowest BCUT2D eigenvalue weighted by molar-refractivity contribution is -0.0967. The van der Waals surface area contributed by atoms with Crippen LogP contribution in [0.25, 0.3) is 11.4 Å². The van der Waals surface area contributed by atoms with E-state index in [0.29, 0.717) is 25.4 Å². The van der Waals surface area contributed by atoms with Gasteiger partial charge in [-0.15, -0.1) is 0 Å². The van der Waals surface area contributed by atoms with Gasteiger partial charge in [-0.3, -0.25) is 4.79 Å². The van der Waals surface area contributed by atoms with Crippen LogP contribution < -0.4 is 0 Å². The predicted molar refractivity (Wildman–Crippen MR) is 112 cm³/mol. The molecule has 3 aromatic rings. The van der Waals surface area contributed by atoms with E-state index >= 15 is 0 Å². The molecule has 0 radical (unpaired) electrons. The SMILES string of the molecule is Cc1ncn(C)c1C(=O)N1CCC2(CC1)OCCc1cnc(-c3ccccc3)nc12. The molecule has 1 fully saturated rings. The van der Waals surface area contributed by atoms with E-state index in [4.69, 9.17) is 9.72 Å². The van der Waals surface area contributed by atoms with Crippen molar-refractivity contribution in [2.24, 2.45) is 7.05 Å². The monoisotopic (exact) mass is 403 g/mol. The second-order valence-corrected chi connectivity index (χ2v) is 8.11. The molecule has 1 saturated heterocycles. The number of benzene rings is 1. The molecule has 0 bridgehead atoms. The molecule has 154 valence electrons. The lowest BCUT2D eigenvalue weighted by atomic mass is 9.83. The third kappa shape index (κ3) is 3.10. The van der Waals surface area contributed by atoms with Crippen molar-refractivity contribution in [3.8, 4) is 11.4 Å². The molecule has 2 aromatic heterocycles. The van der Waals surface area contributed by atoms with Gasteiger partial charge in [-0.05, 0) is 31.7 Å². The van der Waals surface area contributed by atoms with Crippen LogP contribution >= 0.6 is 0 Å². The van der Waals surface area contributed by atoms with Gasteiger partial charge in [0.2, 0.25) is 0 Å². The van der Waals surface area contributed by atoms with Crippen LogP contribution in [0.5, 0.6) is 0 Å². The van der Waals surface area contributed by atoms with Crippen molar-refractivity contribution in [2.45, 2.75) is 31.8 Å². The van der Waals surface area contributed by atoms with Gasteiger partial charge in [-0.2, -0.15) is 0 Å². The van der Waals surface area contributed by atoms with Gasteiger partial charge in [-0.25, -0.2) is 15.0 Å². The zero-order valence-electron chi connectivity index (χ0n) is 17.3. The summed E-state index contributed by atoms with van der Waals surface area (Å²) >= 11 is 0. The Labute approximate surface area is 175 Å². The minimum atomic E-state index is -0.446. The molecule has 1 spiro atoms. The summed E-state index contributed by atoms with van der Waals surface area (Å²) in [4.78, 5) is 28.8. The summed E-state index contributed by atoms with van der Waals surface area (Å²) in [6, 6.07) is 10.0. The molecule has 1 amide bonds. The molecule has 0 saturated carbocycles. The first kappa shape index (κ1) is 18.9. The maximum atomic E-state index is 13.1.